The fourth-order valence-electron chi connectivity index (χ4n) is 1.58. The summed E-state index contributed by atoms with van der Waals surface area (Å²) in [6.07, 6.45) is 1.30. The third-order valence-electron chi connectivity index (χ3n) is 2.61. The van der Waals surface area contributed by atoms with E-state index in [1.807, 2.05) is 6.07 Å². The Hall–Kier alpha value is -3.01. The minimum atomic E-state index is -0.490. The summed E-state index contributed by atoms with van der Waals surface area (Å²) in [7, 11) is 0. The summed E-state index contributed by atoms with van der Waals surface area (Å²) in [5.74, 6) is 0.316. The van der Waals surface area contributed by atoms with Gasteiger partial charge in [-0.1, -0.05) is 6.07 Å². The zero-order chi connectivity index (χ0) is 14.0. The molecule has 0 saturated heterocycles. The van der Waals surface area contributed by atoms with Gasteiger partial charge in [-0.3, -0.25) is 10.1 Å². The highest BCUT2D eigenvalue weighted by molar-refractivity contribution is 5.65. The molecule has 0 bridgehead atoms. The molecule has 0 radical (unpaired) electrons. The van der Waals surface area contributed by atoms with Crippen LogP contribution in [0, 0.1) is 28.4 Å². The van der Waals surface area contributed by atoms with Crippen LogP contribution in [-0.2, 0) is 0 Å². The van der Waals surface area contributed by atoms with Gasteiger partial charge in [0.1, 0.15) is 17.5 Å². The molecule has 0 atom stereocenters. The molecule has 7 heteroatoms. The minimum absolute atomic E-state index is 0.0490. The van der Waals surface area contributed by atoms with Gasteiger partial charge >= 0.3 is 0 Å². The molecule has 2 N–H and O–H groups in total. The van der Waals surface area contributed by atoms with Crippen LogP contribution in [0.3, 0.4) is 0 Å². The highest BCUT2D eigenvalue weighted by atomic mass is 16.6. The number of nitrogens with zero attached hydrogens (tertiary/aromatic N) is 4. The zero-order valence-corrected chi connectivity index (χ0v) is 9.99. The first-order valence-corrected chi connectivity index (χ1v) is 5.31. The number of hydrogen-bond acceptors (Lipinski definition) is 6. The van der Waals surface area contributed by atoms with Gasteiger partial charge in [0.15, 0.2) is 5.82 Å². The van der Waals surface area contributed by atoms with Crippen LogP contribution in [0.2, 0.25) is 0 Å². The number of aromatic nitrogens is 2. The number of nitrogen functional groups attached to an aromatic ring is 1. The summed E-state index contributed by atoms with van der Waals surface area (Å²) in [6, 6.07) is 6.27. The highest BCUT2D eigenvalue weighted by Crippen LogP contribution is 2.25. The third kappa shape index (κ3) is 2.32. The van der Waals surface area contributed by atoms with Gasteiger partial charge in [-0.05, 0) is 12.5 Å². The molecule has 0 spiro atoms. The maximum atomic E-state index is 10.8. The van der Waals surface area contributed by atoms with Gasteiger partial charge in [0.25, 0.3) is 5.69 Å². The number of anilines is 1. The van der Waals surface area contributed by atoms with Crippen LogP contribution in [0.25, 0.3) is 11.4 Å². The molecule has 0 aliphatic heterocycles. The molecule has 0 amide bonds. The molecule has 2 rings (SSSR count). The summed E-state index contributed by atoms with van der Waals surface area (Å²) in [4.78, 5) is 18.3. The Morgan fingerprint density at radius 1 is 1.47 bits per heavy atom. The molecule has 0 unspecified atom stereocenters. The summed E-state index contributed by atoms with van der Waals surface area (Å²) in [6.45, 7) is 1.79. The van der Waals surface area contributed by atoms with E-state index < -0.39 is 4.92 Å². The zero-order valence-electron chi connectivity index (χ0n) is 9.99. The standard InChI is InChI=1S/C12H9N5O2/c1-7-2-3-9(17(18)19)4-10(7)12-15-6-8(5-13)11(14)16-12/h2-4,6H,1H3,(H2,14,15,16). The summed E-state index contributed by atoms with van der Waals surface area (Å²) < 4.78 is 0. The molecule has 0 aliphatic carbocycles. The minimum Gasteiger partial charge on any atom is -0.382 e. The molecule has 1 aromatic heterocycles. The van der Waals surface area contributed by atoms with Crippen LogP contribution < -0.4 is 5.73 Å². The van der Waals surface area contributed by atoms with E-state index in [0.717, 1.165) is 5.56 Å². The lowest BCUT2D eigenvalue weighted by atomic mass is 10.1. The number of rotatable bonds is 2. The largest absolute Gasteiger partial charge is 0.382 e. The molecule has 2 aromatic rings. The van der Waals surface area contributed by atoms with Gasteiger partial charge in [-0.2, -0.15) is 5.26 Å². The van der Waals surface area contributed by atoms with Crippen LogP contribution in [0.1, 0.15) is 11.1 Å². The van der Waals surface area contributed by atoms with E-state index in [2.05, 4.69) is 9.97 Å². The lowest BCUT2D eigenvalue weighted by Gasteiger charge is -2.05. The molecule has 19 heavy (non-hydrogen) atoms. The molecule has 94 valence electrons. The van der Waals surface area contributed by atoms with E-state index in [-0.39, 0.29) is 22.9 Å². The number of non-ortho nitro benzene ring substituents is 1. The predicted molar refractivity (Wildman–Crippen MR) is 68.0 cm³/mol. The quantitative estimate of drug-likeness (QED) is 0.645. The van der Waals surface area contributed by atoms with Crippen molar-refractivity contribution in [3.63, 3.8) is 0 Å². The van der Waals surface area contributed by atoms with E-state index >= 15 is 0 Å². The summed E-state index contributed by atoms with van der Waals surface area (Å²) in [5.41, 5.74) is 7.04. The molecule has 7 nitrogen and oxygen atoms in total. The second-order valence-electron chi connectivity index (χ2n) is 3.86. The Morgan fingerprint density at radius 2 is 2.21 bits per heavy atom. The van der Waals surface area contributed by atoms with Crippen molar-refractivity contribution in [2.24, 2.45) is 0 Å². The number of nitriles is 1. The van der Waals surface area contributed by atoms with E-state index in [1.165, 1.54) is 18.3 Å². The van der Waals surface area contributed by atoms with Crippen molar-refractivity contribution in [1.29, 1.82) is 5.26 Å². The molecular weight excluding hydrogens is 246 g/mol. The van der Waals surface area contributed by atoms with Crippen LogP contribution in [-0.4, -0.2) is 14.9 Å². The highest BCUT2D eigenvalue weighted by Gasteiger charge is 2.13. The van der Waals surface area contributed by atoms with Crippen molar-refractivity contribution in [2.75, 3.05) is 5.73 Å². The van der Waals surface area contributed by atoms with Crippen LogP contribution in [0.4, 0.5) is 11.5 Å². The number of benzene rings is 1. The van der Waals surface area contributed by atoms with Gasteiger partial charge in [0.2, 0.25) is 0 Å². The Morgan fingerprint density at radius 3 is 2.79 bits per heavy atom. The molecule has 0 saturated carbocycles. The van der Waals surface area contributed by atoms with Crippen molar-refractivity contribution in [3.8, 4) is 17.5 Å². The van der Waals surface area contributed by atoms with Gasteiger partial charge < -0.3 is 5.73 Å². The predicted octanol–water partition coefficient (Wildman–Crippen LogP) is 1.81. The number of aryl methyl sites for hydroxylation is 1. The Kier molecular flexibility index (Phi) is 3.08. The average Bonchev–Trinajstić information content (AvgIpc) is 2.38. The first-order chi connectivity index (χ1) is 9.02. The summed E-state index contributed by atoms with van der Waals surface area (Å²) in [5, 5.41) is 19.5. The number of nitro groups is 1. The monoisotopic (exact) mass is 255 g/mol. The fraction of sp³-hybridized carbons (Fsp3) is 0.0833. The van der Waals surface area contributed by atoms with Crippen molar-refractivity contribution >= 4 is 11.5 Å². The average molecular weight is 255 g/mol. The van der Waals surface area contributed by atoms with Crippen LogP contribution >= 0.6 is 0 Å². The molecule has 1 heterocycles. The second-order valence-corrected chi connectivity index (χ2v) is 3.86. The van der Waals surface area contributed by atoms with E-state index in [0.29, 0.717) is 5.56 Å². The molecule has 0 fully saturated rings. The van der Waals surface area contributed by atoms with Gasteiger partial charge in [0, 0.05) is 17.7 Å². The lowest BCUT2D eigenvalue weighted by Crippen LogP contribution is -2.00. The SMILES string of the molecule is Cc1ccc([N+](=O)[O-])cc1-c1ncc(C#N)c(N)n1. The first kappa shape index (κ1) is 12.4. The topological polar surface area (TPSA) is 119 Å². The second kappa shape index (κ2) is 4.70. The van der Waals surface area contributed by atoms with Crippen molar-refractivity contribution < 1.29 is 4.92 Å². The van der Waals surface area contributed by atoms with Crippen molar-refractivity contribution in [3.05, 3.63) is 45.6 Å². The van der Waals surface area contributed by atoms with Gasteiger partial charge in [-0.15, -0.1) is 0 Å². The van der Waals surface area contributed by atoms with Crippen molar-refractivity contribution in [2.45, 2.75) is 6.92 Å². The first-order valence-electron chi connectivity index (χ1n) is 5.31. The normalized spacial score (nSPS) is 9.89. The third-order valence-corrected chi connectivity index (χ3v) is 2.61. The summed E-state index contributed by atoms with van der Waals surface area (Å²) >= 11 is 0. The Labute approximate surface area is 108 Å². The van der Waals surface area contributed by atoms with Crippen LogP contribution in [0.5, 0.6) is 0 Å². The fourth-order valence-corrected chi connectivity index (χ4v) is 1.58. The smallest absolute Gasteiger partial charge is 0.270 e. The van der Waals surface area contributed by atoms with E-state index in [9.17, 15) is 10.1 Å². The Balaban J connectivity index is 2.58. The van der Waals surface area contributed by atoms with Gasteiger partial charge in [0.05, 0.1) is 11.1 Å². The number of nitrogens with two attached hydrogens (primary N) is 1. The Bertz CT molecular complexity index is 706. The van der Waals surface area contributed by atoms with Gasteiger partial charge in [-0.25, -0.2) is 9.97 Å². The molecule has 1 aromatic carbocycles. The van der Waals surface area contributed by atoms with Crippen LogP contribution in [0.15, 0.2) is 24.4 Å². The number of hydrogen-bond donors (Lipinski definition) is 1. The van der Waals surface area contributed by atoms with E-state index in [4.69, 9.17) is 11.0 Å². The number of nitro benzene ring substituents is 1. The molecule has 0 aliphatic rings. The lowest BCUT2D eigenvalue weighted by molar-refractivity contribution is -0.384. The van der Waals surface area contributed by atoms with E-state index in [1.54, 1.807) is 13.0 Å². The van der Waals surface area contributed by atoms with Crippen molar-refractivity contribution in [1.82, 2.24) is 9.97 Å². The maximum absolute atomic E-state index is 10.8. The maximum Gasteiger partial charge on any atom is 0.270 e. The molecular formula is C12H9N5O2.